The molecule has 1 aliphatic heterocycles. The van der Waals surface area contributed by atoms with E-state index in [9.17, 15) is 5.11 Å². The maximum atomic E-state index is 10.5. The van der Waals surface area contributed by atoms with Gasteiger partial charge >= 0.3 is 0 Å². The second kappa shape index (κ2) is 11.2. The fourth-order valence-electron chi connectivity index (χ4n) is 2.81. The van der Waals surface area contributed by atoms with E-state index in [4.69, 9.17) is 4.74 Å². The van der Waals surface area contributed by atoms with Crippen LogP contribution >= 0.6 is 40.7 Å². The van der Waals surface area contributed by atoms with Crippen LogP contribution in [0.1, 0.15) is 24.4 Å². The van der Waals surface area contributed by atoms with E-state index in [0.29, 0.717) is 5.75 Å². The Bertz CT molecular complexity index is 497. The number of nitrogens with one attached hydrogen (secondary N) is 1. The summed E-state index contributed by atoms with van der Waals surface area (Å²) in [5, 5.41) is 13.9. The Morgan fingerprint density at radius 1 is 1.39 bits per heavy atom. The van der Waals surface area contributed by atoms with E-state index in [1.165, 1.54) is 0 Å². The number of allylic oxidation sites excluding steroid dienone is 1. The Balaban J connectivity index is 0.00000242. The van der Waals surface area contributed by atoms with Crippen LogP contribution in [0, 0.1) is 0 Å². The SMILES string of the molecule is C=CCC[C@H](c1cc(Br)cc(OC)c1O)N1CCNCC1.Cl.Cl. The average molecular weight is 428 g/mol. The summed E-state index contributed by atoms with van der Waals surface area (Å²) >= 11 is 3.51. The first-order chi connectivity index (χ1) is 10.2. The van der Waals surface area contributed by atoms with Crippen molar-refractivity contribution < 1.29 is 9.84 Å². The molecule has 1 aromatic rings. The van der Waals surface area contributed by atoms with Crippen LogP contribution < -0.4 is 10.1 Å². The maximum Gasteiger partial charge on any atom is 0.162 e. The van der Waals surface area contributed by atoms with Crippen molar-refractivity contribution in [1.29, 1.82) is 0 Å². The van der Waals surface area contributed by atoms with E-state index < -0.39 is 0 Å². The Kier molecular flexibility index (Phi) is 10.9. The van der Waals surface area contributed by atoms with Crippen molar-refractivity contribution in [2.24, 2.45) is 0 Å². The molecule has 0 radical (unpaired) electrons. The summed E-state index contributed by atoms with van der Waals surface area (Å²) in [6.45, 7) is 7.75. The van der Waals surface area contributed by atoms with Gasteiger partial charge in [0, 0.05) is 42.3 Å². The molecule has 0 saturated carbocycles. The second-order valence-electron chi connectivity index (χ2n) is 5.21. The van der Waals surface area contributed by atoms with Gasteiger partial charge in [-0.25, -0.2) is 0 Å². The fraction of sp³-hybridized carbons (Fsp3) is 0.500. The number of methoxy groups -OCH3 is 1. The monoisotopic (exact) mass is 426 g/mol. The highest BCUT2D eigenvalue weighted by Gasteiger charge is 2.25. The molecule has 1 fully saturated rings. The Morgan fingerprint density at radius 3 is 2.61 bits per heavy atom. The third kappa shape index (κ3) is 5.84. The number of halogens is 3. The molecule has 7 heteroatoms. The van der Waals surface area contributed by atoms with E-state index >= 15 is 0 Å². The molecule has 4 nitrogen and oxygen atoms in total. The number of phenolic OH excluding ortho intramolecular Hbond substituents is 1. The van der Waals surface area contributed by atoms with Gasteiger partial charge < -0.3 is 15.2 Å². The topological polar surface area (TPSA) is 44.7 Å². The second-order valence-corrected chi connectivity index (χ2v) is 6.13. The molecule has 0 aromatic heterocycles. The van der Waals surface area contributed by atoms with Crippen molar-refractivity contribution in [3.05, 3.63) is 34.8 Å². The largest absolute Gasteiger partial charge is 0.504 e. The molecular weight excluding hydrogens is 403 g/mol. The van der Waals surface area contributed by atoms with E-state index in [2.05, 4.69) is 32.7 Å². The Labute approximate surface area is 159 Å². The van der Waals surface area contributed by atoms with Gasteiger partial charge in [0.1, 0.15) is 0 Å². The summed E-state index contributed by atoms with van der Waals surface area (Å²) in [5.74, 6) is 0.756. The van der Waals surface area contributed by atoms with Crippen LogP contribution in [0.3, 0.4) is 0 Å². The molecule has 0 amide bonds. The summed E-state index contributed by atoms with van der Waals surface area (Å²) in [6, 6.07) is 3.96. The number of ether oxygens (including phenoxy) is 1. The minimum absolute atomic E-state index is 0. The van der Waals surface area contributed by atoms with Gasteiger partial charge in [-0.1, -0.05) is 22.0 Å². The van der Waals surface area contributed by atoms with Gasteiger partial charge in [-0.2, -0.15) is 0 Å². The molecule has 1 atom stereocenters. The summed E-state index contributed by atoms with van der Waals surface area (Å²) in [4.78, 5) is 2.42. The van der Waals surface area contributed by atoms with Gasteiger partial charge in [-0.15, -0.1) is 31.4 Å². The first-order valence-electron chi connectivity index (χ1n) is 7.29. The maximum absolute atomic E-state index is 10.5. The number of benzene rings is 1. The molecule has 2 N–H and O–H groups in total. The predicted octanol–water partition coefficient (Wildman–Crippen LogP) is 3.92. The summed E-state index contributed by atoms with van der Waals surface area (Å²) in [6.07, 6.45) is 3.79. The van der Waals surface area contributed by atoms with Crippen LogP contribution in [0.25, 0.3) is 0 Å². The molecule has 0 bridgehead atoms. The van der Waals surface area contributed by atoms with E-state index in [1.807, 2.05) is 12.1 Å². The van der Waals surface area contributed by atoms with Crippen LogP contribution in [-0.2, 0) is 0 Å². The van der Waals surface area contributed by atoms with E-state index in [-0.39, 0.29) is 36.6 Å². The number of hydrogen-bond donors (Lipinski definition) is 2. The number of nitrogens with zero attached hydrogens (tertiary/aromatic N) is 1. The van der Waals surface area contributed by atoms with Gasteiger partial charge in [0.05, 0.1) is 7.11 Å². The Hall–Kier alpha value is -0.460. The number of hydrogen-bond acceptors (Lipinski definition) is 4. The molecule has 1 heterocycles. The fourth-order valence-corrected chi connectivity index (χ4v) is 3.26. The van der Waals surface area contributed by atoms with Gasteiger partial charge in [0.15, 0.2) is 11.5 Å². The quantitative estimate of drug-likeness (QED) is 0.675. The summed E-state index contributed by atoms with van der Waals surface area (Å²) in [7, 11) is 1.58. The lowest BCUT2D eigenvalue weighted by Gasteiger charge is -2.35. The van der Waals surface area contributed by atoms with Crippen LogP contribution in [0.15, 0.2) is 29.3 Å². The standard InChI is InChI=1S/C16H23BrN2O2.2ClH/c1-3-4-5-14(19-8-6-18-7-9-19)13-10-12(17)11-15(21-2)16(13)20;;/h3,10-11,14,18,20H,1,4-9H2,2H3;2*1H/t14-;;/m1../s1. The molecule has 1 saturated heterocycles. The van der Waals surface area contributed by atoms with Gasteiger partial charge in [-0.3, -0.25) is 4.90 Å². The predicted molar refractivity (Wildman–Crippen MR) is 103 cm³/mol. The number of piperazine rings is 1. The number of phenols is 1. The highest BCUT2D eigenvalue weighted by molar-refractivity contribution is 9.10. The highest BCUT2D eigenvalue weighted by Crippen LogP contribution is 2.40. The van der Waals surface area contributed by atoms with Crippen LogP contribution in [0.4, 0.5) is 0 Å². The molecule has 132 valence electrons. The van der Waals surface area contributed by atoms with E-state index in [0.717, 1.165) is 49.1 Å². The first kappa shape index (κ1) is 22.5. The number of rotatable bonds is 6. The van der Waals surface area contributed by atoms with Crippen LogP contribution in [0.2, 0.25) is 0 Å². The minimum atomic E-state index is 0. The summed E-state index contributed by atoms with van der Waals surface area (Å²) in [5.41, 5.74) is 0.921. The molecule has 0 spiro atoms. The molecule has 1 aliphatic rings. The van der Waals surface area contributed by atoms with Crippen LogP contribution in [-0.4, -0.2) is 43.3 Å². The molecule has 2 rings (SSSR count). The van der Waals surface area contributed by atoms with Crippen molar-refractivity contribution in [2.75, 3.05) is 33.3 Å². The molecule has 0 unspecified atom stereocenters. The molecular formula is C16H25BrCl2N2O2. The lowest BCUT2D eigenvalue weighted by atomic mass is 9.98. The van der Waals surface area contributed by atoms with E-state index in [1.54, 1.807) is 13.2 Å². The molecule has 0 aliphatic carbocycles. The highest BCUT2D eigenvalue weighted by atomic mass is 79.9. The zero-order valence-corrected chi connectivity index (χ0v) is 16.5. The molecule has 23 heavy (non-hydrogen) atoms. The van der Waals surface area contributed by atoms with Crippen molar-refractivity contribution in [3.63, 3.8) is 0 Å². The smallest absolute Gasteiger partial charge is 0.162 e. The van der Waals surface area contributed by atoms with Gasteiger partial charge in [0.25, 0.3) is 0 Å². The minimum Gasteiger partial charge on any atom is -0.504 e. The average Bonchev–Trinajstić information content (AvgIpc) is 2.51. The zero-order chi connectivity index (χ0) is 15.2. The van der Waals surface area contributed by atoms with Crippen LogP contribution in [0.5, 0.6) is 11.5 Å². The van der Waals surface area contributed by atoms with Gasteiger partial charge in [0.2, 0.25) is 0 Å². The van der Waals surface area contributed by atoms with Crippen molar-refractivity contribution >= 4 is 40.7 Å². The third-order valence-corrected chi connectivity index (χ3v) is 4.34. The van der Waals surface area contributed by atoms with Gasteiger partial charge in [-0.05, 0) is 25.0 Å². The normalized spacial score (nSPS) is 15.9. The molecule has 1 aromatic carbocycles. The number of aromatic hydroxyl groups is 1. The Morgan fingerprint density at radius 2 is 2.04 bits per heavy atom. The summed E-state index contributed by atoms with van der Waals surface area (Å²) < 4.78 is 6.20. The van der Waals surface area contributed by atoms with Crippen molar-refractivity contribution in [1.82, 2.24) is 10.2 Å². The first-order valence-corrected chi connectivity index (χ1v) is 8.08. The third-order valence-electron chi connectivity index (χ3n) is 3.88. The van der Waals surface area contributed by atoms with Crippen molar-refractivity contribution in [3.8, 4) is 11.5 Å². The lowest BCUT2D eigenvalue weighted by molar-refractivity contribution is 0.163. The zero-order valence-electron chi connectivity index (χ0n) is 13.3. The lowest BCUT2D eigenvalue weighted by Crippen LogP contribution is -2.45. The van der Waals surface area contributed by atoms with Crippen molar-refractivity contribution in [2.45, 2.75) is 18.9 Å².